The Hall–Kier alpha value is -3.18. The minimum Gasteiger partial charge on any atom is -0.462 e. The zero-order valence-electron chi connectivity index (χ0n) is 23.6. The van der Waals surface area contributed by atoms with E-state index in [1.807, 2.05) is 24.3 Å². The topological polar surface area (TPSA) is 72.8 Å². The van der Waals surface area contributed by atoms with Gasteiger partial charge < -0.3 is 14.6 Å². The van der Waals surface area contributed by atoms with E-state index in [9.17, 15) is 9.59 Å². The number of esters is 2. The summed E-state index contributed by atoms with van der Waals surface area (Å²) in [7, 11) is 0. The van der Waals surface area contributed by atoms with Crippen molar-refractivity contribution in [2.45, 2.75) is 77.0 Å². The molecule has 0 amide bonds. The van der Waals surface area contributed by atoms with Crippen molar-refractivity contribution in [2.24, 2.45) is 5.92 Å². The molecule has 3 rings (SSSR count). The van der Waals surface area contributed by atoms with Gasteiger partial charge in [-0.3, -0.25) is 0 Å². The molecule has 2 aromatic rings. The van der Waals surface area contributed by atoms with E-state index < -0.39 is 18.5 Å². The summed E-state index contributed by atoms with van der Waals surface area (Å²) in [5.74, 6) is 0.0485. The molecular formula is C34H44O5. The van der Waals surface area contributed by atoms with Crippen molar-refractivity contribution in [3.05, 3.63) is 84.0 Å². The average molecular weight is 533 g/mol. The zero-order chi connectivity index (χ0) is 28.2. The van der Waals surface area contributed by atoms with E-state index in [0.29, 0.717) is 11.5 Å². The molecular weight excluding hydrogens is 488 g/mol. The Balaban J connectivity index is 1.62. The van der Waals surface area contributed by atoms with E-state index in [1.165, 1.54) is 56.9 Å². The predicted molar refractivity (Wildman–Crippen MR) is 156 cm³/mol. The molecule has 1 saturated carbocycles. The number of benzene rings is 2. The number of hydrogen-bond donors (Lipinski definition) is 1. The molecule has 210 valence electrons. The smallest absolute Gasteiger partial charge is 0.335 e. The van der Waals surface area contributed by atoms with Gasteiger partial charge in [0.15, 0.2) is 0 Å². The third-order valence-corrected chi connectivity index (χ3v) is 7.82. The van der Waals surface area contributed by atoms with Crippen LogP contribution in [0, 0.1) is 5.92 Å². The van der Waals surface area contributed by atoms with Crippen LogP contribution in [0.5, 0.6) is 0 Å². The molecule has 1 aliphatic carbocycles. The average Bonchev–Trinajstić information content (AvgIpc) is 2.97. The maximum Gasteiger partial charge on any atom is 0.335 e. The molecule has 0 spiro atoms. The third kappa shape index (κ3) is 9.21. The lowest BCUT2D eigenvalue weighted by atomic mass is 9.77. The Morgan fingerprint density at radius 3 is 1.97 bits per heavy atom. The normalized spacial score (nSPS) is 17.7. The quantitative estimate of drug-likeness (QED) is 0.155. The van der Waals surface area contributed by atoms with Crippen molar-refractivity contribution in [1.82, 2.24) is 0 Å². The number of carbonyl (C=O) groups excluding carboxylic acids is 2. The summed E-state index contributed by atoms with van der Waals surface area (Å²) < 4.78 is 10.7. The fraction of sp³-hybridized carbons (Fsp3) is 0.471. The summed E-state index contributed by atoms with van der Waals surface area (Å²) in [6.45, 7) is 10.5. The summed E-state index contributed by atoms with van der Waals surface area (Å²) in [5.41, 5.74) is 4.84. The first-order chi connectivity index (χ1) is 18.8. The minimum atomic E-state index is -0.671. The van der Waals surface area contributed by atoms with E-state index in [2.05, 4.69) is 44.3 Å². The van der Waals surface area contributed by atoms with Gasteiger partial charge in [-0.05, 0) is 66.7 Å². The van der Waals surface area contributed by atoms with Crippen molar-refractivity contribution < 1.29 is 24.2 Å². The lowest BCUT2D eigenvalue weighted by molar-refractivity contribution is -0.142. The number of aliphatic hydroxyl groups is 1. The van der Waals surface area contributed by atoms with Crippen molar-refractivity contribution in [3.63, 3.8) is 0 Å². The van der Waals surface area contributed by atoms with E-state index in [4.69, 9.17) is 14.6 Å². The highest BCUT2D eigenvalue weighted by Crippen LogP contribution is 2.38. The highest BCUT2D eigenvalue weighted by molar-refractivity contribution is 5.88. The lowest BCUT2D eigenvalue weighted by Gasteiger charge is -2.29. The third-order valence-electron chi connectivity index (χ3n) is 7.82. The van der Waals surface area contributed by atoms with E-state index in [0.717, 1.165) is 22.6 Å². The van der Waals surface area contributed by atoms with Crippen LogP contribution in [0.2, 0.25) is 0 Å². The first kappa shape index (κ1) is 30.4. The molecule has 39 heavy (non-hydrogen) atoms. The van der Waals surface area contributed by atoms with Gasteiger partial charge in [0, 0.05) is 5.57 Å². The van der Waals surface area contributed by atoms with E-state index >= 15 is 0 Å². The molecule has 0 saturated heterocycles. The van der Waals surface area contributed by atoms with Crippen molar-refractivity contribution in [1.29, 1.82) is 0 Å². The SMILES string of the molecule is C=C(C)C(=O)OCC(COC(=O)C(=C)CO)c1ccc(-c2ccc(C3CCC(CCCCC)CC3)cc2)cc1. The Bertz CT molecular complexity index is 1090. The molecule has 1 N–H and O–H groups in total. The Morgan fingerprint density at radius 2 is 1.44 bits per heavy atom. The molecule has 5 heteroatoms. The molecule has 0 aliphatic heterocycles. The van der Waals surface area contributed by atoms with Crippen LogP contribution in [0.1, 0.15) is 88.2 Å². The molecule has 1 unspecified atom stereocenters. The fourth-order valence-electron chi connectivity index (χ4n) is 5.25. The van der Waals surface area contributed by atoms with Gasteiger partial charge in [0.25, 0.3) is 0 Å². The van der Waals surface area contributed by atoms with Gasteiger partial charge in [0.05, 0.1) is 18.1 Å². The zero-order valence-corrected chi connectivity index (χ0v) is 23.6. The molecule has 0 radical (unpaired) electrons. The number of unbranched alkanes of at least 4 members (excludes halogenated alkanes) is 2. The summed E-state index contributed by atoms with van der Waals surface area (Å²) in [6.07, 6.45) is 10.7. The van der Waals surface area contributed by atoms with Crippen molar-refractivity contribution >= 4 is 11.9 Å². The summed E-state index contributed by atoms with van der Waals surface area (Å²) >= 11 is 0. The molecule has 1 aliphatic rings. The molecule has 2 aromatic carbocycles. The van der Waals surface area contributed by atoms with Crippen LogP contribution in [0.15, 0.2) is 72.8 Å². The Kier molecular flexibility index (Phi) is 12.0. The summed E-state index contributed by atoms with van der Waals surface area (Å²) in [5, 5.41) is 9.12. The first-order valence-corrected chi connectivity index (χ1v) is 14.3. The van der Waals surface area contributed by atoms with E-state index in [1.54, 1.807) is 6.92 Å². The lowest BCUT2D eigenvalue weighted by Crippen LogP contribution is -2.21. The van der Waals surface area contributed by atoms with Gasteiger partial charge in [-0.15, -0.1) is 0 Å². The van der Waals surface area contributed by atoms with Crippen LogP contribution in [0.3, 0.4) is 0 Å². The monoisotopic (exact) mass is 532 g/mol. The second-order valence-corrected chi connectivity index (χ2v) is 10.9. The minimum absolute atomic E-state index is 0.00375. The van der Waals surface area contributed by atoms with Gasteiger partial charge in [0.2, 0.25) is 0 Å². The van der Waals surface area contributed by atoms with Crippen LogP contribution in [-0.4, -0.2) is 36.9 Å². The Morgan fingerprint density at radius 1 is 0.872 bits per heavy atom. The molecule has 1 atom stereocenters. The van der Waals surface area contributed by atoms with Crippen LogP contribution < -0.4 is 0 Å². The summed E-state index contributed by atoms with van der Waals surface area (Å²) in [4.78, 5) is 23.9. The van der Waals surface area contributed by atoms with Crippen molar-refractivity contribution in [2.75, 3.05) is 19.8 Å². The maximum atomic E-state index is 12.0. The highest BCUT2D eigenvalue weighted by atomic mass is 16.5. The van der Waals surface area contributed by atoms with Crippen molar-refractivity contribution in [3.8, 4) is 11.1 Å². The number of ether oxygens (including phenoxy) is 2. The van der Waals surface area contributed by atoms with Crippen LogP contribution >= 0.6 is 0 Å². The number of hydrogen-bond acceptors (Lipinski definition) is 5. The fourth-order valence-corrected chi connectivity index (χ4v) is 5.25. The van der Waals surface area contributed by atoms with Gasteiger partial charge in [0.1, 0.15) is 13.2 Å². The molecule has 0 aromatic heterocycles. The standard InChI is InChI=1S/C34H44O5/c1-5-6-7-8-26-9-11-27(12-10-26)28-13-15-29(16-14-28)30-17-19-31(20-18-30)32(22-38-33(36)24(2)3)23-39-34(37)25(4)21-35/h13-20,26-27,32,35H,2,4-12,21-23H2,1,3H3. The second-order valence-electron chi connectivity index (χ2n) is 10.9. The van der Waals surface area contributed by atoms with Gasteiger partial charge in [-0.25, -0.2) is 9.59 Å². The van der Waals surface area contributed by atoms with Crippen LogP contribution in [0.4, 0.5) is 0 Å². The van der Waals surface area contributed by atoms with Crippen LogP contribution in [-0.2, 0) is 19.1 Å². The number of carbonyl (C=O) groups is 2. The van der Waals surface area contributed by atoms with Gasteiger partial charge >= 0.3 is 11.9 Å². The molecule has 1 fully saturated rings. The molecule has 0 heterocycles. The molecule has 5 nitrogen and oxygen atoms in total. The highest BCUT2D eigenvalue weighted by Gasteiger charge is 2.22. The molecule has 0 bridgehead atoms. The second kappa shape index (κ2) is 15.4. The van der Waals surface area contributed by atoms with E-state index in [-0.39, 0.29) is 24.7 Å². The van der Waals surface area contributed by atoms with Gasteiger partial charge in [-0.1, -0.05) is 94.3 Å². The largest absolute Gasteiger partial charge is 0.462 e. The number of aliphatic hydroxyl groups excluding tert-OH is 1. The summed E-state index contributed by atoms with van der Waals surface area (Å²) in [6, 6.07) is 17.0. The number of rotatable bonds is 14. The maximum absolute atomic E-state index is 12.0. The van der Waals surface area contributed by atoms with Gasteiger partial charge in [-0.2, -0.15) is 0 Å². The van der Waals surface area contributed by atoms with Crippen LogP contribution in [0.25, 0.3) is 11.1 Å². The Labute approximate surface area is 233 Å². The first-order valence-electron chi connectivity index (χ1n) is 14.3. The predicted octanol–water partition coefficient (Wildman–Crippen LogP) is 7.50.